The zero-order chi connectivity index (χ0) is 14.3. The van der Waals surface area contributed by atoms with E-state index in [0.29, 0.717) is 17.2 Å². The highest BCUT2D eigenvalue weighted by Gasteiger charge is 1.98. The number of phenolic OH excluding ortho intramolecular Hbond substituents is 2. The van der Waals surface area contributed by atoms with E-state index in [0.717, 1.165) is 4.47 Å². The maximum absolute atomic E-state index is 9.10. The van der Waals surface area contributed by atoms with Crippen LogP contribution in [0.15, 0.2) is 46.9 Å². The van der Waals surface area contributed by atoms with Gasteiger partial charge in [-0.2, -0.15) is 0 Å². The molecule has 2 aromatic carbocycles. The number of aromatic hydroxyl groups is 2. The number of phenols is 2. The number of rotatable bonds is 2. The highest BCUT2D eigenvalue weighted by atomic mass is 79.9. The molecule has 0 aliphatic carbocycles. The second kappa shape index (κ2) is 7.53. The molecule has 0 spiro atoms. The van der Waals surface area contributed by atoms with Crippen LogP contribution in [0.25, 0.3) is 0 Å². The Hall–Kier alpha value is -1.88. The van der Waals surface area contributed by atoms with Crippen molar-refractivity contribution >= 4 is 15.9 Å². The number of halogens is 1. The van der Waals surface area contributed by atoms with Gasteiger partial charge in [-0.1, -0.05) is 22.0 Å². The fraction of sp³-hybridized carbons (Fsp3) is 0.143. The molecule has 0 saturated heterocycles. The van der Waals surface area contributed by atoms with Crippen molar-refractivity contribution in [3.8, 4) is 23.0 Å². The van der Waals surface area contributed by atoms with Gasteiger partial charge in [0, 0.05) is 22.7 Å². The molecule has 0 amide bonds. The number of benzene rings is 2. The molecule has 0 heterocycles. The number of hydrogen-bond donors (Lipinski definition) is 2. The molecule has 2 N–H and O–H groups in total. The molecular formula is C14H15BrO4. The maximum Gasteiger partial charge on any atom is 0.126 e. The first-order valence-corrected chi connectivity index (χ1v) is 6.21. The summed E-state index contributed by atoms with van der Waals surface area (Å²) in [5.74, 6) is 1.60. The minimum atomic E-state index is 0.140. The molecule has 0 saturated carbocycles. The summed E-state index contributed by atoms with van der Waals surface area (Å²) in [6.07, 6.45) is 0. The molecule has 0 bridgehead atoms. The zero-order valence-corrected chi connectivity index (χ0v) is 12.2. The van der Waals surface area contributed by atoms with Crippen LogP contribution < -0.4 is 9.47 Å². The summed E-state index contributed by atoms with van der Waals surface area (Å²) in [6.45, 7) is 0. The normalized spacial score (nSPS) is 9.21. The number of methoxy groups -OCH3 is 2. The largest absolute Gasteiger partial charge is 0.508 e. The molecule has 0 aliphatic rings. The Morgan fingerprint density at radius 2 is 1.42 bits per heavy atom. The van der Waals surface area contributed by atoms with Crippen molar-refractivity contribution in [3.05, 3.63) is 46.9 Å². The molecule has 2 aromatic rings. The van der Waals surface area contributed by atoms with Gasteiger partial charge in [-0.25, -0.2) is 0 Å². The van der Waals surface area contributed by atoms with Gasteiger partial charge in [0.25, 0.3) is 0 Å². The summed E-state index contributed by atoms with van der Waals surface area (Å²) in [5.41, 5.74) is 0. The lowest BCUT2D eigenvalue weighted by Crippen LogP contribution is -1.85. The van der Waals surface area contributed by atoms with E-state index >= 15 is 0 Å². The standard InChI is InChI=1S/C8H10O3.C6H5BrO/c1-10-7-3-6(9)4-8(5-7)11-2;7-5-2-1-3-6(8)4-5/h3-5,9H,1-2H3;1-4,8H. The molecule has 19 heavy (non-hydrogen) atoms. The fourth-order valence-electron chi connectivity index (χ4n) is 1.27. The molecule has 0 atom stereocenters. The lowest BCUT2D eigenvalue weighted by Gasteiger charge is -2.03. The van der Waals surface area contributed by atoms with Crippen LogP contribution in [0.1, 0.15) is 0 Å². The number of hydrogen-bond acceptors (Lipinski definition) is 4. The summed E-state index contributed by atoms with van der Waals surface area (Å²) in [6, 6.07) is 11.6. The van der Waals surface area contributed by atoms with Crippen molar-refractivity contribution in [2.45, 2.75) is 0 Å². The van der Waals surface area contributed by atoms with E-state index in [2.05, 4.69) is 15.9 Å². The summed E-state index contributed by atoms with van der Waals surface area (Å²) < 4.78 is 10.7. The molecule has 0 aromatic heterocycles. The average molecular weight is 327 g/mol. The molecule has 2 rings (SSSR count). The highest BCUT2D eigenvalue weighted by Crippen LogP contribution is 2.25. The topological polar surface area (TPSA) is 58.9 Å². The minimum Gasteiger partial charge on any atom is -0.508 e. The monoisotopic (exact) mass is 326 g/mol. The summed E-state index contributed by atoms with van der Waals surface area (Å²) in [7, 11) is 3.07. The van der Waals surface area contributed by atoms with Crippen molar-refractivity contribution in [2.75, 3.05) is 14.2 Å². The van der Waals surface area contributed by atoms with Crippen LogP contribution in [0.2, 0.25) is 0 Å². The van der Waals surface area contributed by atoms with Gasteiger partial charge in [0.2, 0.25) is 0 Å². The Bertz CT molecular complexity index is 489. The molecule has 5 heteroatoms. The van der Waals surface area contributed by atoms with E-state index in [1.807, 2.05) is 6.07 Å². The van der Waals surface area contributed by atoms with E-state index in [1.54, 1.807) is 24.3 Å². The lowest BCUT2D eigenvalue weighted by atomic mass is 10.3. The van der Waals surface area contributed by atoms with E-state index in [1.165, 1.54) is 26.4 Å². The fourth-order valence-corrected chi connectivity index (χ4v) is 1.66. The van der Waals surface area contributed by atoms with Gasteiger partial charge in [-0.3, -0.25) is 0 Å². The minimum absolute atomic E-state index is 0.140. The Labute approximate surface area is 120 Å². The molecule has 0 unspecified atom stereocenters. The quantitative estimate of drug-likeness (QED) is 0.885. The van der Waals surface area contributed by atoms with Crippen LogP contribution in [-0.2, 0) is 0 Å². The van der Waals surface area contributed by atoms with Crippen LogP contribution in [-0.4, -0.2) is 24.4 Å². The zero-order valence-electron chi connectivity index (χ0n) is 10.6. The highest BCUT2D eigenvalue weighted by molar-refractivity contribution is 9.10. The third-order valence-corrected chi connectivity index (χ3v) is 2.64. The van der Waals surface area contributed by atoms with Crippen LogP contribution >= 0.6 is 15.9 Å². The molecule has 4 nitrogen and oxygen atoms in total. The van der Waals surface area contributed by atoms with Gasteiger partial charge in [0.15, 0.2) is 0 Å². The SMILES string of the molecule is COc1cc(O)cc(OC)c1.Oc1cccc(Br)c1. The summed E-state index contributed by atoms with van der Waals surface area (Å²) >= 11 is 3.20. The smallest absolute Gasteiger partial charge is 0.126 e. The third kappa shape index (κ3) is 5.52. The predicted molar refractivity (Wildman–Crippen MR) is 77.0 cm³/mol. The Kier molecular flexibility index (Phi) is 6.02. The summed E-state index contributed by atoms with van der Waals surface area (Å²) in [4.78, 5) is 0. The van der Waals surface area contributed by atoms with Crippen molar-refractivity contribution in [3.63, 3.8) is 0 Å². The third-order valence-electron chi connectivity index (χ3n) is 2.14. The summed E-state index contributed by atoms with van der Waals surface area (Å²) in [5, 5.41) is 17.9. The van der Waals surface area contributed by atoms with Crippen molar-refractivity contribution in [2.24, 2.45) is 0 Å². The van der Waals surface area contributed by atoms with E-state index < -0.39 is 0 Å². The Morgan fingerprint density at radius 3 is 1.79 bits per heavy atom. The van der Waals surface area contributed by atoms with Crippen molar-refractivity contribution in [1.29, 1.82) is 0 Å². The van der Waals surface area contributed by atoms with E-state index in [-0.39, 0.29) is 5.75 Å². The van der Waals surface area contributed by atoms with Crippen LogP contribution in [0, 0.1) is 0 Å². The van der Waals surface area contributed by atoms with Gasteiger partial charge in [-0.05, 0) is 18.2 Å². The second-order valence-corrected chi connectivity index (χ2v) is 4.47. The van der Waals surface area contributed by atoms with Crippen molar-refractivity contribution < 1.29 is 19.7 Å². The molecule has 102 valence electrons. The van der Waals surface area contributed by atoms with E-state index in [4.69, 9.17) is 19.7 Å². The average Bonchev–Trinajstić information content (AvgIpc) is 2.38. The van der Waals surface area contributed by atoms with Gasteiger partial charge >= 0.3 is 0 Å². The van der Waals surface area contributed by atoms with Gasteiger partial charge in [-0.15, -0.1) is 0 Å². The second-order valence-electron chi connectivity index (χ2n) is 3.55. The van der Waals surface area contributed by atoms with Crippen LogP contribution in [0.5, 0.6) is 23.0 Å². The molecule has 0 fully saturated rings. The first-order chi connectivity index (χ1) is 9.05. The van der Waals surface area contributed by atoms with E-state index in [9.17, 15) is 0 Å². The lowest BCUT2D eigenvalue weighted by molar-refractivity contribution is 0.385. The first kappa shape index (κ1) is 15.2. The molecule has 0 aliphatic heterocycles. The van der Waals surface area contributed by atoms with Gasteiger partial charge in [0.1, 0.15) is 23.0 Å². The van der Waals surface area contributed by atoms with Crippen LogP contribution in [0.4, 0.5) is 0 Å². The maximum atomic E-state index is 9.10. The first-order valence-electron chi connectivity index (χ1n) is 5.41. The number of ether oxygens (including phenoxy) is 2. The van der Waals surface area contributed by atoms with Gasteiger partial charge in [0.05, 0.1) is 14.2 Å². The van der Waals surface area contributed by atoms with Crippen molar-refractivity contribution in [1.82, 2.24) is 0 Å². The Morgan fingerprint density at radius 1 is 0.842 bits per heavy atom. The molecule has 0 radical (unpaired) electrons. The van der Waals surface area contributed by atoms with Gasteiger partial charge < -0.3 is 19.7 Å². The molecular weight excluding hydrogens is 312 g/mol. The Balaban J connectivity index is 0.000000200. The predicted octanol–water partition coefficient (Wildman–Crippen LogP) is 3.56. The van der Waals surface area contributed by atoms with Crippen LogP contribution in [0.3, 0.4) is 0 Å².